The molecule has 1 rings (SSSR count). The molecule has 1 N–H and O–H groups in total. The Labute approximate surface area is 73.7 Å². The highest BCUT2D eigenvalue weighted by molar-refractivity contribution is 5.78. The maximum atomic E-state index is 11.1. The summed E-state index contributed by atoms with van der Waals surface area (Å²) in [5, 5.41) is 3.29. The van der Waals surface area contributed by atoms with Crippen LogP contribution in [0.3, 0.4) is 0 Å². The van der Waals surface area contributed by atoms with Crippen molar-refractivity contribution in [1.29, 1.82) is 0 Å². The summed E-state index contributed by atoms with van der Waals surface area (Å²) in [6, 6.07) is 0.699. The first kappa shape index (κ1) is 9.28. The zero-order valence-electron chi connectivity index (χ0n) is 7.31. The Bertz CT molecular complexity index is 189. The minimum atomic E-state index is 0.279. The Kier molecular flexibility index (Phi) is 3.83. The number of ketones is 1. The van der Waals surface area contributed by atoms with Crippen molar-refractivity contribution in [3.05, 3.63) is 0 Å². The Morgan fingerprint density at radius 2 is 2.25 bits per heavy atom. The van der Waals surface area contributed by atoms with Gasteiger partial charge in [-0.2, -0.15) is 0 Å². The van der Waals surface area contributed by atoms with E-state index in [1.165, 1.54) is 12.8 Å². The molecule has 1 saturated carbocycles. The predicted octanol–water partition coefficient (Wildman–Crippen LogP) is 1.11. The zero-order chi connectivity index (χ0) is 8.81. The number of rotatable bonds is 6. The molecular weight excluding hydrogens is 150 g/mol. The topological polar surface area (TPSA) is 29.1 Å². The third-order valence-electron chi connectivity index (χ3n) is 1.96. The lowest BCUT2D eigenvalue weighted by Crippen LogP contribution is -2.20. The highest BCUT2D eigenvalue weighted by Gasteiger charge is 2.19. The van der Waals surface area contributed by atoms with E-state index in [4.69, 9.17) is 6.42 Å². The quantitative estimate of drug-likeness (QED) is 0.597. The molecule has 0 aromatic heterocycles. The van der Waals surface area contributed by atoms with Gasteiger partial charge in [-0.3, -0.25) is 4.79 Å². The van der Waals surface area contributed by atoms with E-state index in [0.29, 0.717) is 25.3 Å². The number of Topliss-reactive ketones (excluding diaryl/α,β-unsaturated/α-hetero) is 1. The minimum Gasteiger partial charge on any atom is -0.314 e. The zero-order valence-corrected chi connectivity index (χ0v) is 7.31. The van der Waals surface area contributed by atoms with Gasteiger partial charge in [0.25, 0.3) is 0 Å². The van der Waals surface area contributed by atoms with Gasteiger partial charge >= 0.3 is 0 Å². The summed E-state index contributed by atoms with van der Waals surface area (Å²) in [5.74, 6) is 2.75. The van der Waals surface area contributed by atoms with E-state index in [2.05, 4.69) is 11.2 Å². The van der Waals surface area contributed by atoms with Gasteiger partial charge in [0.05, 0.1) is 0 Å². The van der Waals surface area contributed by atoms with Crippen molar-refractivity contribution >= 4 is 5.78 Å². The van der Waals surface area contributed by atoms with E-state index in [1.54, 1.807) is 0 Å². The Balaban J connectivity index is 1.90. The summed E-state index contributed by atoms with van der Waals surface area (Å²) in [7, 11) is 0. The van der Waals surface area contributed by atoms with Gasteiger partial charge in [-0.25, -0.2) is 0 Å². The first-order valence-corrected chi connectivity index (χ1v) is 4.51. The standard InChI is InChI=1S/C10H15NO/c1-2-3-4-10(12)7-8-11-9-5-6-9/h1,9,11H,3-8H2. The van der Waals surface area contributed by atoms with Crippen molar-refractivity contribution in [1.82, 2.24) is 5.32 Å². The molecule has 2 nitrogen and oxygen atoms in total. The van der Waals surface area contributed by atoms with Gasteiger partial charge in [0, 0.05) is 31.8 Å². The molecule has 12 heavy (non-hydrogen) atoms. The van der Waals surface area contributed by atoms with Crippen LogP contribution in [0.15, 0.2) is 0 Å². The average molecular weight is 165 g/mol. The van der Waals surface area contributed by atoms with E-state index < -0.39 is 0 Å². The molecule has 0 aromatic rings. The number of hydrogen-bond donors (Lipinski definition) is 1. The number of carbonyl (C=O) groups is 1. The largest absolute Gasteiger partial charge is 0.314 e. The predicted molar refractivity (Wildman–Crippen MR) is 48.7 cm³/mol. The molecule has 1 aliphatic carbocycles. The van der Waals surface area contributed by atoms with Gasteiger partial charge in [0.15, 0.2) is 0 Å². The summed E-state index contributed by atoms with van der Waals surface area (Å²) < 4.78 is 0. The molecule has 0 bridgehead atoms. The van der Waals surface area contributed by atoms with Crippen molar-refractivity contribution in [3.8, 4) is 12.3 Å². The molecule has 0 unspecified atom stereocenters. The molecule has 0 atom stereocenters. The summed E-state index contributed by atoms with van der Waals surface area (Å²) in [6.45, 7) is 0.827. The van der Waals surface area contributed by atoms with Crippen LogP contribution in [-0.2, 0) is 4.79 Å². The van der Waals surface area contributed by atoms with Crippen LogP contribution in [0.25, 0.3) is 0 Å². The molecule has 0 aliphatic heterocycles. The van der Waals surface area contributed by atoms with Crippen LogP contribution in [0.4, 0.5) is 0 Å². The summed E-state index contributed by atoms with van der Waals surface area (Å²) >= 11 is 0. The van der Waals surface area contributed by atoms with Crippen LogP contribution in [0.1, 0.15) is 32.1 Å². The van der Waals surface area contributed by atoms with Gasteiger partial charge in [0.1, 0.15) is 5.78 Å². The maximum Gasteiger partial charge on any atom is 0.135 e. The van der Waals surface area contributed by atoms with Crippen LogP contribution >= 0.6 is 0 Å². The third kappa shape index (κ3) is 4.15. The van der Waals surface area contributed by atoms with Crippen LogP contribution < -0.4 is 5.32 Å². The molecule has 0 spiro atoms. The second-order valence-electron chi connectivity index (χ2n) is 3.22. The molecule has 0 aromatic carbocycles. The van der Waals surface area contributed by atoms with Crippen molar-refractivity contribution < 1.29 is 4.79 Å². The smallest absolute Gasteiger partial charge is 0.135 e. The van der Waals surface area contributed by atoms with Crippen molar-refractivity contribution in [2.75, 3.05) is 6.54 Å². The lowest BCUT2D eigenvalue weighted by Gasteiger charge is -2.00. The number of carbonyl (C=O) groups excluding carboxylic acids is 1. The van der Waals surface area contributed by atoms with Gasteiger partial charge in [-0.1, -0.05) is 0 Å². The second kappa shape index (κ2) is 4.95. The minimum absolute atomic E-state index is 0.279. The average Bonchev–Trinajstić information content (AvgIpc) is 2.84. The fourth-order valence-electron chi connectivity index (χ4n) is 1.04. The number of terminal acetylenes is 1. The lowest BCUT2D eigenvalue weighted by molar-refractivity contribution is -0.118. The maximum absolute atomic E-state index is 11.1. The van der Waals surface area contributed by atoms with Gasteiger partial charge < -0.3 is 5.32 Å². The molecule has 0 saturated heterocycles. The van der Waals surface area contributed by atoms with Gasteiger partial charge in [0.2, 0.25) is 0 Å². The van der Waals surface area contributed by atoms with E-state index in [9.17, 15) is 4.79 Å². The number of nitrogens with one attached hydrogen (secondary N) is 1. The van der Waals surface area contributed by atoms with Crippen molar-refractivity contribution in [2.24, 2.45) is 0 Å². The monoisotopic (exact) mass is 165 g/mol. The lowest BCUT2D eigenvalue weighted by atomic mass is 10.2. The van der Waals surface area contributed by atoms with Crippen LogP contribution in [0.2, 0.25) is 0 Å². The molecule has 0 amide bonds. The molecule has 1 aliphatic rings. The van der Waals surface area contributed by atoms with Crippen molar-refractivity contribution in [2.45, 2.75) is 38.1 Å². The molecule has 66 valence electrons. The molecule has 0 heterocycles. The van der Waals surface area contributed by atoms with Gasteiger partial charge in [-0.05, 0) is 12.8 Å². The summed E-state index contributed by atoms with van der Waals surface area (Å²) in [4.78, 5) is 11.1. The van der Waals surface area contributed by atoms with Crippen LogP contribution in [0, 0.1) is 12.3 Å². The SMILES string of the molecule is C#CCCC(=O)CCNC1CC1. The van der Waals surface area contributed by atoms with E-state index in [1.807, 2.05) is 0 Å². The van der Waals surface area contributed by atoms with Gasteiger partial charge in [-0.15, -0.1) is 12.3 Å². The van der Waals surface area contributed by atoms with E-state index in [-0.39, 0.29) is 5.78 Å². The Morgan fingerprint density at radius 1 is 1.50 bits per heavy atom. The first-order chi connectivity index (χ1) is 5.83. The molecule has 2 heteroatoms. The van der Waals surface area contributed by atoms with Crippen molar-refractivity contribution in [3.63, 3.8) is 0 Å². The third-order valence-corrected chi connectivity index (χ3v) is 1.96. The Hall–Kier alpha value is -0.810. The number of hydrogen-bond acceptors (Lipinski definition) is 2. The highest BCUT2D eigenvalue weighted by Crippen LogP contribution is 2.18. The molecular formula is C10H15NO. The summed E-state index contributed by atoms with van der Waals surface area (Å²) in [5.41, 5.74) is 0. The second-order valence-corrected chi connectivity index (χ2v) is 3.22. The van der Waals surface area contributed by atoms with E-state index >= 15 is 0 Å². The van der Waals surface area contributed by atoms with Crippen LogP contribution in [-0.4, -0.2) is 18.4 Å². The molecule has 1 fully saturated rings. The highest BCUT2D eigenvalue weighted by atomic mass is 16.1. The first-order valence-electron chi connectivity index (χ1n) is 4.51. The summed E-state index contributed by atoms with van der Waals surface area (Å²) in [6.07, 6.45) is 9.37. The Morgan fingerprint density at radius 3 is 2.83 bits per heavy atom. The normalized spacial score (nSPS) is 15.6. The van der Waals surface area contributed by atoms with Crippen LogP contribution in [0.5, 0.6) is 0 Å². The fraction of sp³-hybridized carbons (Fsp3) is 0.700. The van der Waals surface area contributed by atoms with E-state index in [0.717, 1.165) is 6.54 Å². The molecule has 0 radical (unpaired) electrons. The fourth-order valence-corrected chi connectivity index (χ4v) is 1.04.